The average molecular weight is 371 g/mol. The molecule has 1 saturated heterocycles. The first-order valence-corrected chi connectivity index (χ1v) is 10.8. The van der Waals surface area contributed by atoms with E-state index in [0.717, 1.165) is 29.7 Å². The molecule has 0 amide bonds. The van der Waals surface area contributed by atoms with E-state index in [1.54, 1.807) is 14.2 Å². The van der Waals surface area contributed by atoms with Gasteiger partial charge < -0.3 is 18.8 Å². The number of methoxy groups -OCH3 is 2. The van der Waals surface area contributed by atoms with Crippen molar-refractivity contribution in [2.24, 2.45) is 0 Å². The molecule has 26 heavy (non-hydrogen) atoms. The van der Waals surface area contributed by atoms with Crippen LogP contribution < -0.4 is 19.6 Å². The van der Waals surface area contributed by atoms with Crippen molar-refractivity contribution in [3.05, 3.63) is 48.5 Å². The number of para-hydroxylation sites is 2. The number of anilines is 1. The van der Waals surface area contributed by atoms with Crippen LogP contribution in [0.4, 0.5) is 5.69 Å². The Bertz CT molecular complexity index is 695. The molecular weight excluding hydrogens is 342 g/mol. The minimum atomic E-state index is -1.32. The van der Waals surface area contributed by atoms with Gasteiger partial charge in [0.05, 0.1) is 19.9 Å². The number of hydrogen-bond donors (Lipinski definition) is 0. The summed E-state index contributed by atoms with van der Waals surface area (Å²) in [5, 5.41) is 1.16. The molecular formula is C21H28NO3Si. The van der Waals surface area contributed by atoms with Crippen molar-refractivity contribution in [3.8, 4) is 11.5 Å². The minimum Gasteiger partial charge on any atom is -0.493 e. The molecule has 1 fully saturated rings. The van der Waals surface area contributed by atoms with Crippen molar-refractivity contribution < 1.29 is 13.9 Å². The van der Waals surface area contributed by atoms with Crippen LogP contribution >= 0.6 is 0 Å². The van der Waals surface area contributed by atoms with Gasteiger partial charge in [0.15, 0.2) is 11.5 Å². The average Bonchev–Trinajstić information content (AvgIpc) is 2.72. The molecule has 1 unspecified atom stereocenters. The third-order valence-corrected chi connectivity index (χ3v) is 7.59. The van der Waals surface area contributed by atoms with E-state index in [9.17, 15) is 0 Å². The molecule has 4 nitrogen and oxygen atoms in total. The lowest BCUT2D eigenvalue weighted by Gasteiger charge is -2.41. The largest absolute Gasteiger partial charge is 0.493 e. The van der Waals surface area contributed by atoms with Crippen molar-refractivity contribution >= 4 is 19.9 Å². The Morgan fingerprint density at radius 3 is 2.50 bits per heavy atom. The summed E-state index contributed by atoms with van der Waals surface area (Å²) in [6.45, 7) is 3.85. The normalized spacial score (nSPS) is 17.4. The van der Waals surface area contributed by atoms with Crippen LogP contribution in [-0.2, 0) is 4.43 Å². The molecule has 0 spiro atoms. The summed E-state index contributed by atoms with van der Waals surface area (Å²) in [6.07, 6.45) is 3.60. The fourth-order valence-corrected chi connectivity index (χ4v) is 6.48. The van der Waals surface area contributed by atoms with Gasteiger partial charge in [0.1, 0.15) is 0 Å². The van der Waals surface area contributed by atoms with E-state index in [-0.39, 0.29) is 0 Å². The topological polar surface area (TPSA) is 30.9 Å². The first-order valence-electron chi connectivity index (χ1n) is 9.32. The second kappa shape index (κ2) is 9.10. The summed E-state index contributed by atoms with van der Waals surface area (Å²) in [5.41, 5.74) is 1.65. The lowest BCUT2D eigenvalue weighted by Crippen LogP contribution is -2.56. The third-order valence-electron chi connectivity index (χ3n) is 4.86. The maximum absolute atomic E-state index is 6.39. The molecule has 3 rings (SSSR count). The first kappa shape index (κ1) is 18.8. The molecule has 5 heteroatoms. The Morgan fingerprint density at radius 1 is 1.00 bits per heavy atom. The predicted octanol–water partition coefficient (Wildman–Crippen LogP) is 3.54. The number of hydrogen-bond acceptors (Lipinski definition) is 4. The Morgan fingerprint density at radius 2 is 1.81 bits per heavy atom. The standard InChI is InChI=1S/C21H28NO3Si/c1-4-25-26(19-14-10-13-18(23-2)21(19)24-3)20-15-8-9-16-22(20)17-11-6-5-7-12-17/h5-7,10-14,20H,4,8-9,15-16H2,1-3H3. The number of nitrogens with zero attached hydrogens (tertiary/aromatic N) is 1. The highest BCUT2D eigenvalue weighted by Gasteiger charge is 2.37. The smallest absolute Gasteiger partial charge is 0.274 e. The van der Waals surface area contributed by atoms with Gasteiger partial charge in [-0.15, -0.1) is 0 Å². The highest BCUT2D eigenvalue weighted by Crippen LogP contribution is 2.30. The summed E-state index contributed by atoms with van der Waals surface area (Å²) in [5.74, 6) is 1.59. The van der Waals surface area contributed by atoms with E-state index in [1.807, 2.05) is 12.1 Å². The van der Waals surface area contributed by atoms with E-state index in [1.165, 1.54) is 18.5 Å². The van der Waals surface area contributed by atoms with Crippen molar-refractivity contribution in [2.75, 3.05) is 32.3 Å². The molecule has 2 aromatic rings. The van der Waals surface area contributed by atoms with Crippen molar-refractivity contribution in [1.82, 2.24) is 0 Å². The van der Waals surface area contributed by atoms with Crippen LogP contribution in [0.1, 0.15) is 26.2 Å². The molecule has 2 aromatic carbocycles. The zero-order valence-corrected chi connectivity index (χ0v) is 16.9. The number of piperidine rings is 1. The number of ether oxygens (including phenoxy) is 2. The van der Waals surface area contributed by atoms with Crippen LogP contribution in [0.3, 0.4) is 0 Å². The van der Waals surface area contributed by atoms with Gasteiger partial charge in [-0.05, 0) is 44.4 Å². The van der Waals surface area contributed by atoms with Crippen LogP contribution in [0.5, 0.6) is 11.5 Å². The van der Waals surface area contributed by atoms with Crippen LogP contribution in [0, 0.1) is 0 Å². The molecule has 0 saturated carbocycles. The number of rotatable bonds is 7. The quantitative estimate of drug-likeness (QED) is 0.698. The van der Waals surface area contributed by atoms with E-state index in [4.69, 9.17) is 13.9 Å². The lowest BCUT2D eigenvalue weighted by molar-refractivity contribution is 0.328. The summed E-state index contributed by atoms with van der Waals surface area (Å²) < 4.78 is 17.6. The monoisotopic (exact) mass is 370 g/mol. The van der Waals surface area contributed by atoms with Gasteiger partial charge in [0.2, 0.25) is 0 Å². The Hall–Kier alpha value is -1.98. The zero-order chi connectivity index (χ0) is 18.4. The highest BCUT2D eigenvalue weighted by atomic mass is 28.3. The molecule has 1 atom stereocenters. The summed E-state index contributed by atoms with van der Waals surface area (Å²) in [7, 11) is 2.08. The van der Waals surface area contributed by atoms with Crippen LogP contribution in [0.15, 0.2) is 48.5 Å². The van der Waals surface area contributed by atoms with E-state index < -0.39 is 9.04 Å². The maximum Gasteiger partial charge on any atom is 0.274 e. The van der Waals surface area contributed by atoms with Crippen molar-refractivity contribution in [2.45, 2.75) is 31.9 Å². The molecule has 0 bridgehead atoms. The summed E-state index contributed by atoms with van der Waals surface area (Å²) >= 11 is 0. The van der Waals surface area contributed by atoms with Crippen LogP contribution in [0.25, 0.3) is 0 Å². The lowest BCUT2D eigenvalue weighted by atomic mass is 10.1. The van der Waals surface area contributed by atoms with Gasteiger partial charge in [-0.25, -0.2) is 0 Å². The van der Waals surface area contributed by atoms with E-state index >= 15 is 0 Å². The molecule has 0 aromatic heterocycles. The maximum atomic E-state index is 6.39. The first-order chi connectivity index (χ1) is 12.8. The van der Waals surface area contributed by atoms with Gasteiger partial charge in [-0.2, -0.15) is 0 Å². The minimum absolute atomic E-state index is 0.372. The van der Waals surface area contributed by atoms with Gasteiger partial charge in [0.25, 0.3) is 9.04 Å². The summed E-state index contributed by atoms with van der Waals surface area (Å²) in [6, 6.07) is 16.8. The molecule has 1 heterocycles. The fraction of sp³-hybridized carbons (Fsp3) is 0.429. The Kier molecular flexibility index (Phi) is 6.58. The van der Waals surface area contributed by atoms with Gasteiger partial charge >= 0.3 is 0 Å². The van der Waals surface area contributed by atoms with Crippen LogP contribution in [-0.4, -0.2) is 42.1 Å². The van der Waals surface area contributed by atoms with Crippen molar-refractivity contribution in [1.29, 1.82) is 0 Å². The zero-order valence-electron chi connectivity index (χ0n) is 15.9. The molecule has 1 aliphatic rings. The SMILES string of the molecule is CCO[Si](c1cccc(OC)c1OC)C1CCCCN1c1ccccc1. The van der Waals surface area contributed by atoms with Crippen LogP contribution in [0.2, 0.25) is 0 Å². The Labute approximate surface area is 158 Å². The third kappa shape index (κ3) is 3.89. The van der Waals surface area contributed by atoms with Gasteiger partial charge in [-0.1, -0.05) is 30.3 Å². The summed E-state index contributed by atoms with van der Waals surface area (Å²) in [4.78, 5) is 2.53. The molecule has 139 valence electrons. The molecule has 1 aliphatic heterocycles. The van der Waals surface area contributed by atoms with Crippen molar-refractivity contribution in [3.63, 3.8) is 0 Å². The second-order valence-electron chi connectivity index (χ2n) is 6.38. The Balaban J connectivity index is 2.01. The highest BCUT2D eigenvalue weighted by molar-refractivity contribution is 6.70. The van der Waals surface area contributed by atoms with Gasteiger partial charge in [0, 0.05) is 24.0 Å². The van der Waals surface area contributed by atoms with E-state index in [2.05, 4.69) is 48.2 Å². The van der Waals surface area contributed by atoms with E-state index in [0.29, 0.717) is 12.3 Å². The molecule has 0 N–H and O–H groups in total. The van der Waals surface area contributed by atoms with Gasteiger partial charge in [-0.3, -0.25) is 0 Å². The number of benzene rings is 2. The molecule has 1 radical (unpaired) electrons. The predicted molar refractivity (Wildman–Crippen MR) is 108 cm³/mol. The second-order valence-corrected chi connectivity index (χ2v) is 8.60. The molecule has 0 aliphatic carbocycles. The fourth-order valence-electron chi connectivity index (χ4n) is 3.72.